The Bertz CT molecular complexity index is 1290. The third-order valence-corrected chi connectivity index (χ3v) is 6.23. The predicted molar refractivity (Wildman–Crippen MR) is 119 cm³/mol. The molecule has 1 saturated heterocycles. The molecule has 1 aromatic carbocycles. The summed E-state index contributed by atoms with van der Waals surface area (Å²) >= 11 is 0. The minimum absolute atomic E-state index is 0.0568. The van der Waals surface area contributed by atoms with Crippen LogP contribution in [0.25, 0.3) is 16.7 Å². The molecule has 5 rings (SSSR count). The predicted octanol–water partition coefficient (Wildman–Crippen LogP) is 2.45. The molecule has 3 N–H and O–H groups in total. The zero-order chi connectivity index (χ0) is 24.5. The van der Waals surface area contributed by atoms with Gasteiger partial charge in [-0.05, 0) is 43.5 Å². The van der Waals surface area contributed by atoms with Crippen molar-refractivity contribution in [3.05, 3.63) is 41.0 Å². The second-order valence-corrected chi connectivity index (χ2v) is 8.28. The number of nitrogens with two attached hydrogens (primary N) is 1. The SMILES string of the molecule is N#Cc1c2c(c(N3CCC(C(N)=O)CC3)n3c1nc1ccccc13)CNCC2.O=CC(F)(F)F. The molecule has 4 heterocycles. The summed E-state index contributed by atoms with van der Waals surface area (Å²) < 4.78 is 33.4. The highest BCUT2D eigenvalue weighted by molar-refractivity contribution is 5.86. The van der Waals surface area contributed by atoms with Crippen molar-refractivity contribution < 1.29 is 22.8 Å². The van der Waals surface area contributed by atoms with Gasteiger partial charge in [0.2, 0.25) is 12.2 Å². The third-order valence-electron chi connectivity index (χ3n) is 6.23. The number of anilines is 1. The largest absolute Gasteiger partial charge is 0.446 e. The van der Waals surface area contributed by atoms with Gasteiger partial charge in [-0.2, -0.15) is 18.4 Å². The molecule has 0 bridgehead atoms. The van der Waals surface area contributed by atoms with Crippen LogP contribution in [-0.4, -0.2) is 47.4 Å². The normalized spacial score (nSPS) is 16.5. The van der Waals surface area contributed by atoms with Crippen LogP contribution in [0.15, 0.2) is 24.3 Å². The van der Waals surface area contributed by atoms with Crippen LogP contribution in [0.3, 0.4) is 0 Å². The maximum Gasteiger partial charge on any atom is 0.446 e. The number of carbonyl (C=O) groups is 2. The molecule has 3 aromatic rings. The second kappa shape index (κ2) is 9.30. The second-order valence-electron chi connectivity index (χ2n) is 8.28. The highest BCUT2D eigenvalue weighted by Gasteiger charge is 2.30. The van der Waals surface area contributed by atoms with Crippen LogP contribution in [0.5, 0.6) is 0 Å². The number of amides is 1. The Labute approximate surface area is 193 Å². The van der Waals surface area contributed by atoms with Gasteiger partial charge in [0.15, 0.2) is 5.65 Å². The lowest BCUT2D eigenvalue weighted by Gasteiger charge is -2.36. The molecule has 0 saturated carbocycles. The number of aldehydes is 1. The standard InChI is InChI=1S/C21H22N6O.C2HF3O/c22-11-15-14-5-8-24-12-16(14)21(26-9-6-13(7-10-26)19(23)28)27-18-4-2-1-3-17(18)25-20(15)27;3-2(4,5)1-6/h1-4,13,24H,5-10,12H2,(H2,23,28);1H. The van der Waals surface area contributed by atoms with Crippen LogP contribution in [0, 0.1) is 17.2 Å². The van der Waals surface area contributed by atoms with E-state index in [1.54, 1.807) is 0 Å². The number of fused-ring (bicyclic) bond motifs is 4. The number of carbonyl (C=O) groups excluding carboxylic acids is 2. The molecule has 0 spiro atoms. The molecule has 0 aliphatic carbocycles. The number of alkyl halides is 3. The van der Waals surface area contributed by atoms with Crippen LogP contribution in [0.1, 0.15) is 29.5 Å². The molecule has 8 nitrogen and oxygen atoms in total. The molecule has 1 amide bonds. The number of para-hydroxylation sites is 2. The summed E-state index contributed by atoms with van der Waals surface area (Å²) in [4.78, 5) is 27.5. The van der Waals surface area contributed by atoms with E-state index in [1.165, 1.54) is 5.56 Å². The van der Waals surface area contributed by atoms with E-state index in [0.29, 0.717) is 5.56 Å². The van der Waals surface area contributed by atoms with Gasteiger partial charge < -0.3 is 16.0 Å². The first-order valence-electron chi connectivity index (χ1n) is 10.9. The number of benzene rings is 1. The number of nitriles is 1. The Kier molecular flexibility index (Phi) is 6.43. The van der Waals surface area contributed by atoms with Crippen molar-refractivity contribution in [3.8, 4) is 6.07 Å². The monoisotopic (exact) mass is 472 g/mol. The van der Waals surface area contributed by atoms with Crippen molar-refractivity contribution in [1.82, 2.24) is 14.7 Å². The smallest absolute Gasteiger partial charge is 0.369 e. The zero-order valence-corrected chi connectivity index (χ0v) is 18.2. The average molecular weight is 472 g/mol. The number of nitrogens with zero attached hydrogens (tertiary/aromatic N) is 4. The fraction of sp³-hybridized carbons (Fsp3) is 0.391. The number of aromatic nitrogens is 2. The van der Waals surface area contributed by atoms with E-state index in [-0.39, 0.29) is 11.8 Å². The maximum absolute atomic E-state index is 11.6. The summed E-state index contributed by atoms with van der Waals surface area (Å²) in [6.07, 6.45) is -3.37. The molecule has 2 aliphatic heterocycles. The van der Waals surface area contributed by atoms with Crippen molar-refractivity contribution in [2.45, 2.75) is 32.0 Å². The molecule has 2 aromatic heterocycles. The molecule has 0 unspecified atom stereocenters. The quantitative estimate of drug-likeness (QED) is 0.554. The number of piperidine rings is 1. The number of nitrogens with one attached hydrogen (secondary N) is 1. The lowest BCUT2D eigenvalue weighted by Crippen LogP contribution is -2.40. The van der Waals surface area contributed by atoms with Crippen molar-refractivity contribution in [3.63, 3.8) is 0 Å². The molecule has 178 valence electrons. The molecule has 0 radical (unpaired) electrons. The number of rotatable bonds is 2. The number of imidazole rings is 1. The Morgan fingerprint density at radius 3 is 2.53 bits per heavy atom. The Balaban J connectivity index is 0.000000408. The fourth-order valence-corrected chi connectivity index (χ4v) is 4.68. The lowest BCUT2D eigenvalue weighted by atomic mass is 9.93. The molecule has 34 heavy (non-hydrogen) atoms. The summed E-state index contributed by atoms with van der Waals surface area (Å²) in [7, 11) is 0. The Hall–Kier alpha value is -3.65. The first-order chi connectivity index (χ1) is 16.2. The van der Waals surface area contributed by atoms with Gasteiger partial charge in [-0.1, -0.05) is 12.1 Å². The van der Waals surface area contributed by atoms with Crippen molar-refractivity contribution in [1.29, 1.82) is 5.26 Å². The number of hydrogen-bond acceptors (Lipinski definition) is 6. The molecular weight excluding hydrogens is 449 g/mol. The van der Waals surface area contributed by atoms with Crippen LogP contribution in [0.2, 0.25) is 0 Å². The van der Waals surface area contributed by atoms with E-state index >= 15 is 0 Å². The number of pyridine rings is 1. The summed E-state index contributed by atoms with van der Waals surface area (Å²) in [5.74, 6) is 0.841. The van der Waals surface area contributed by atoms with Crippen LogP contribution in [-0.2, 0) is 22.6 Å². The van der Waals surface area contributed by atoms with Gasteiger partial charge in [0.25, 0.3) is 0 Å². The molecule has 0 atom stereocenters. The summed E-state index contributed by atoms with van der Waals surface area (Å²) in [5, 5.41) is 13.4. The Morgan fingerprint density at radius 2 is 1.91 bits per heavy atom. The van der Waals surface area contributed by atoms with E-state index in [9.17, 15) is 23.2 Å². The summed E-state index contributed by atoms with van der Waals surface area (Å²) in [6.45, 7) is 3.14. The summed E-state index contributed by atoms with van der Waals surface area (Å²) in [6, 6.07) is 10.4. The van der Waals surface area contributed by atoms with Gasteiger partial charge in [0.1, 0.15) is 11.9 Å². The first-order valence-corrected chi connectivity index (χ1v) is 10.9. The van der Waals surface area contributed by atoms with Crippen molar-refractivity contribution in [2.24, 2.45) is 11.7 Å². The van der Waals surface area contributed by atoms with Crippen molar-refractivity contribution in [2.75, 3.05) is 24.5 Å². The maximum atomic E-state index is 11.6. The van der Waals surface area contributed by atoms with E-state index in [2.05, 4.69) is 26.8 Å². The van der Waals surface area contributed by atoms with Crippen LogP contribution >= 0.6 is 0 Å². The van der Waals surface area contributed by atoms with E-state index in [0.717, 1.165) is 73.5 Å². The van der Waals surface area contributed by atoms with Gasteiger partial charge >= 0.3 is 6.18 Å². The fourth-order valence-electron chi connectivity index (χ4n) is 4.68. The van der Waals surface area contributed by atoms with E-state index < -0.39 is 12.5 Å². The molecule has 11 heteroatoms. The zero-order valence-electron chi connectivity index (χ0n) is 18.2. The molecule has 1 fully saturated rings. The van der Waals surface area contributed by atoms with E-state index in [4.69, 9.17) is 15.5 Å². The topological polar surface area (TPSA) is 117 Å². The first kappa shape index (κ1) is 23.5. The third kappa shape index (κ3) is 4.41. The van der Waals surface area contributed by atoms with Crippen LogP contribution in [0.4, 0.5) is 19.0 Å². The highest BCUT2D eigenvalue weighted by atomic mass is 19.4. The minimum atomic E-state index is -4.64. The van der Waals surface area contributed by atoms with Gasteiger partial charge in [0.05, 0.1) is 16.6 Å². The van der Waals surface area contributed by atoms with Gasteiger partial charge in [0, 0.05) is 31.1 Å². The van der Waals surface area contributed by atoms with E-state index in [1.807, 2.05) is 18.2 Å². The summed E-state index contributed by atoms with van der Waals surface area (Å²) in [5.41, 5.74) is 11.1. The number of primary amides is 1. The molecule has 2 aliphatic rings. The highest BCUT2D eigenvalue weighted by Crippen LogP contribution is 2.36. The van der Waals surface area contributed by atoms with Crippen LogP contribution < -0.4 is 16.0 Å². The molecular formula is C23H23F3N6O2. The number of hydrogen-bond donors (Lipinski definition) is 2. The van der Waals surface area contributed by atoms with Gasteiger partial charge in [-0.3, -0.25) is 14.0 Å². The van der Waals surface area contributed by atoms with Gasteiger partial charge in [-0.25, -0.2) is 4.98 Å². The lowest BCUT2D eigenvalue weighted by molar-refractivity contribution is -0.156. The van der Waals surface area contributed by atoms with Crippen molar-refractivity contribution >= 4 is 34.7 Å². The number of halogens is 3. The van der Waals surface area contributed by atoms with Gasteiger partial charge in [-0.15, -0.1) is 0 Å². The Morgan fingerprint density at radius 1 is 1.24 bits per heavy atom. The minimum Gasteiger partial charge on any atom is -0.369 e. The average Bonchev–Trinajstić information content (AvgIpc) is 3.21.